The first-order valence-electron chi connectivity index (χ1n) is 3.64. The predicted molar refractivity (Wildman–Crippen MR) is 48.1 cm³/mol. The Bertz CT molecular complexity index is 177. The molecule has 1 rings (SSSR count). The third-order valence-electron chi connectivity index (χ3n) is 1.71. The maximum atomic E-state index is 10.9. The van der Waals surface area contributed by atoms with E-state index in [-0.39, 0.29) is 18.2 Å². The fourth-order valence-corrected chi connectivity index (χ4v) is 1.22. The zero-order chi connectivity index (χ0) is 7.56. The van der Waals surface area contributed by atoms with Crippen molar-refractivity contribution in [2.75, 3.05) is 19.6 Å². The molecule has 1 aliphatic heterocycles. The molecule has 3 heteroatoms. The molecule has 0 bridgehead atoms. The first-order valence-corrected chi connectivity index (χ1v) is 3.64. The van der Waals surface area contributed by atoms with Crippen LogP contribution in [0.5, 0.6) is 0 Å². The fraction of sp³-hybridized carbons (Fsp3) is 0.625. The van der Waals surface area contributed by atoms with Crippen molar-refractivity contribution in [3.63, 3.8) is 0 Å². The van der Waals surface area contributed by atoms with Gasteiger partial charge in [0.1, 0.15) is 0 Å². The third kappa shape index (κ3) is 3.04. The van der Waals surface area contributed by atoms with Crippen LogP contribution < -0.4 is 0 Å². The molecule has 0 spiro atoms. The lowest BCUT2D eigenvalue weighted by Crippen LogP contribution is -2.34. The second-order valence-corrected chi connectivity index (χ2v) is 2.76. The summed E-state index contributed by atoms with van der Waals surface area (Å²) in [6.45, 7) is 6.61. The van der Waals surface area contributed by atoms with Gasteiger partial charge in [0.25, 0.3) is 0 Å². The van der Waals surface area contributed by atoms with Crippen LogP contribution in [0.1, 0.15) is 13.8 Å². The van der Waals surface area contributed by atoms with E-state index in [4.69, 9.17) is 0 Å². The predicted octanol–water partition coefficient (Wildman–Crippen LogP) is 1.26. The van der Waals surface area contributed by atoms with Gasteiger partial charge in [0.05, 0.1) is 6.54 Å². The third-order valence-corrected chi connectivity index (χ3v) is 1.71. The standard InChI is InChI=1S/C8H13NO.ClH/c1-3-9-5-7(2)4-8(10)6-9;/h4H,3,5-6H2,1-2H3;1H. The molecule has 1 aliphatic rings. The molecule has 11 heavy (non-hydrogen) atoms. The molecule has 1 heterocycles. The smallest absolute Gasteiger partial charge is 0.169 e. The van der Waals surface area contributed by atoms with Crippen LogP contribution in [0.25, 0.3) is 0 Å². The first kappa shape index (κ1) is 10.7. The molecule has 64 valence electrons. The van der Waals surface area contributed by atoms with Crippen molar-refractivity contribution in [2.45, 2.75) is 13.8 Å². The summed E-state index contributed by atoms with van der Waals surface area (Å²) < 4.78 is 0. The Morgan fingerprint density at radius 3 is 2.64 bits per heavy atom. The van der Waals surface area contributed by atoms with Crippen LogP contribution in [-0.4, -0.2) is 30.3 Å². The average molecular weight is 176 g/mol. The molecule has 2 nitrogen and oxygen atoms in total. The van der Waals surface area contributed by atoms with Crippen LogP contribution in [0, 0.1) is 0 Å². The van der Waals surface area contributed by atoms with E-state index in [1.807, 2.05) is 6.92 Å². The molecule has 0 radical (unpaired) electrons. The van der Waals surface area contributed by atoms with Crippen LogP contribution in [0.3, 0.4) is 0 Å². The van der Waals surface area contributed by atoms with Gasteiger partial charge in [-0.05, 0) is 19.5 Å². The highest BCUT2D eigenvalue weighted by Gasteiger charge is 2.12. The van der Waals surface area contributed by atoms with Crippen molar-refractivity contribution in [1.82, 2.24) is 4.90 Å². The Kier molecular flexibility index (Phi) is 4.38. The van der Waals surface area contributed by atoms with E-state index >= 15 is 0 Å². The van der Waals surface area contributed by atoms with Crippen molar-refractivity contribution in [1.29, 1.82) is 0 Å². The number of carbonyl (C=O) groups is 1. The van der Waals surface area contributed by atoms with Crippen LogP contribution in [0.2, 0.25) is 0 Å². The summed E-state index contributed by atoms with van der Waals surface area (Å²) >= 11 is 0. The number of hydrogen-bond acceptors (Lipinski definition) is 2. The van der Waals surface area contributed by atoms with E-state index in [2.05, 4.69) is 11.8 Å². The number of likely N-dealkylation sites (N-methyl/N-ethyl adjacent to an activating group) is 1. The second kappa shape index (κ2) is 4.52. The van der Waals surface area contributed by atoms with Crippen LogP contribution in [0.15, 0.2) is 11.6 Å². The summed E-state index contributed by atoms with van der Waals surface area (Å²) in [4.78, 5) is 13.1. The molecule has 0 aromatic rings. The Morgan fingerprint density at radius 1 is 1.55 bits per heavy atom. The van der Waals surface area contributed by atoms with Crippen LogP contribution >= 0.6 is 12.4 Å². The number of carbonyl (C=O) groups excluding carboxylic acids is 1. The van der Waals surface area contributed by atoms with Gasteiger partial charge < -0.3 is 0 Å². The van der Waals surface area contributed by atoms with Gasteiger partial charge in [0.2, 0.25) is 0 Å². The van der Waals surface area contributed by atoms with Crippen molar-refractivity contribution >= 4 is 18.2 Å². The normalized spacial score (nSPS) is 19.1. The molecule has 0 atom stereocenters. The molecule has 0 fully saturated rings. The molecule has 0 N–H and O–H groups in total. The summed E-state index contributed by atoms with van der Waals surface area (Å²) in [5, 5.41) is 0. The molecule has 0 unspecified atom stereocenters. The second-order valence-electron chi connectivity index (χ2n) is 2.76. The largest absolute Gasteiger partial charge is 0.293 e. The summed E-state index contributed by atoms with van der Waals surface area (Å²) in [5.41, 5.74) is 1.18. The molecular weight excluding hydrogens is 162 g/mol. The molecule has 0 aromatic carbocycles. The SMILES string of the molecule is CCN1CC(=O)C=C(C)C1.Cl. The Balaban J connectivity index is 0.000001000. The summed E-state index contributed by atoms with van der Waals surface area (Å²) in [7, 11) is 0. The number of nitrogens with zero attached hydrogens (tertiary/aromatic N) is 1. The minimum Gasteiger partial charge on any atom is -0.293 e. The van der Waals surface area contributed by atoms with Gasteiger partial charge in [-0.25, -0.2) is 0 Å². The van der Waals surface area contributed by atoms with Gasteiger partial charge in [-0.1, -0.05) is 12.5 Å². The van der Waals surface area contributed by atoms with Gasteiger partial charge in [0, 0.05) is 6.54 Å². The average Bonchev–Trinajstić information content (AvgIpc) is 1.85. The van der Waals surface area contributed by atoms with Crippen molar-refractivity contribution in [3.05, 3.63) is 11.6 Å². The minimum absolute atomic E-state index is 0. The fourth-order valence-electron chi connectivity index (χ4n) is 1.22. The Labute approximate surface area is 73.7 Å². The maximum absolute atomic E-state index is 10.9. The summed E-state index contributed by atoms with van der Waals surface area (Å²) in [5.74, 6) is 0.241. The topological polar surface area (TPSA) is 20.3 Å². The van der Waals surface area contributed by atoms with Gasteiger partial charge in [0.15, 0.2) is 5.78 Å². The number of rotatable bonds is 1. The number of halogens is 1. The first-order chi connectivity index (χ1) is 4.72. The molecule has 0 saturated carbocycles. The molecule has 0 amide bonds. The van der Waals surface area contributed by atoms with Crippen molar-refractivity contribution in [2.24, 2.45) is 0 Å². The maximum Gasteiger partial charge on any atom is 0.169 e. The van der Waals surface area contributed by atoms with E-state index in [1.54, 1.807) is 6.08 Å². The highest BCUT2D eigenvalue weighted by atomic mass is 35.5. The Hall–Kier alpha value is -0.340. The van der Waals surface area contributed by atoms with Crippen LogP contribution in [0.4, 0.5) is 0 Å². The van der Waals surface area contributed by atoms with E-state index in [0.717, 1.165) is 13.1 Å². The van der Waals surface area contributed by atoms with E-state index in [1.165, 1.54) is 5.57 Å². The zero-order valence-corrected chi connectivity index (χ0v) is 7.78. The van der Waals surface area contributed by atoms with Crippen molar-refractivity contribution in [3.8, 4) is 0 Å². The van der Waals surface area contributed by atoms with E-state index < -0.39 is 0 Å². The van der Waals surface area contributed by atoms with E-state index in [9.17, 15) is 4.79 Å². The zero-order valence-electron chi connectivity index (χ0n) is 6.96. The lowest BCUT2D eigenvalue weighted by atomic mass is 10.1. The van der Waals surface area contributed by atoms with Gasteiger partial charge in [-0.15, -0.1) is 12.4 Å². The molecular formula is C8H14ClNO. The highest BCUT2D eigenvalue weighted by molar-refractivity contribution is 5.92. The summed E-state index contributed by atoms with van der Waals surface area (Å²) in [6.07, 6.45) is 1.74. The van der Waals surface area contributed by atoms with E-state index in [0.29, 0.717) is 6.54 Å². The van der Waals surface area contributed by atoms with Gasteiger partial charge >= 0.3 is 0 Å². The van der Waals surface area contributed by atoms with Crippen LogP contribution in [-0.2, 0) is 4.79 Å². The van der Waals surface area contributed by atoms with Crippen molar-refractivity contribution < 1.29 is 4.79 Å². The number of ketones is 1. The number of hydrogen-bond donors (Lipinski definition) is 0. The molecule has 0 saturated heterocycles. The monoisotopic (exact) mass is 175 g/mol. The van der Waals surface area contributed by atoms with Gasteiger partial charge in [-0.2, -0.15) is 0 Å². The quantitative estimate of drug-likeness (QED) is 0.598. The minimum atomic E-state index is 0. The highest BCUT2D eigenvalue weighted by Crippen LogP contribution is 2.04. The summed E-state index contributed by atoms with van der Waals surface area (Å²) in [6, 6.07) is 0. The molecule has 0 aromatic heterocycles. The lowest BCUT2D eigenvalue weighted by Gasteiger charge is -2.22. The molecule has 0 aliphatic carbocycles. The van der Waals surface area contributed by atoms with Gasteiger partial charge in [-0.3, -0.25) is 9.69 Å². The Morgan fingerprint density at radius 2 is 2.18 bits per heavy atom. The lowest BCUT2D eigenvalue weighted by molar-refractivity contribution is -0.116.